The number of rotatable bonds is 6. The average Bonchev–Trinajstić information content (AvgIpc) is 2.56. The fourth-order valence-electron chi connectivity index (χ4n) is 2.23. The quantitative estimate of drug-likeness (QED) is 0.660. The number of hydrogen-bond donors (Lipinski definition) is 1. The van der Waals surface area contributed by atoms with Gasteiger partial charge in [0.05, 0.1) is 5.41 Å². The van der Waals surface area contributed by atoms with E-state index in [-0.39, 0.29) is 11.8 Å². The summed E-state index contributed by atoms with van der Waals surface area (Å²) in [5.74, 6) is -0.955. The standard InChI is InChI=1S/C19H17ClF2O2S/c1-19(2,17(23)24)14-7-3-12(4-8-14)16(11-25-18(21)22)13-5-9-15(20)10-6-13/h3-11,18H,1-2H3,(H,23,24)/i18D. The van der Waals surface area contributed by atoms with Gasteiger partial charge in [0.25, 0.3) is 5.73 Å². The fraction of sp³-hybridized carbons (Fsp3) is 0.211. The predicted octanol–water partition coefficient (Wildman–Crippen LogP) is 6.05. The van der Waals surface area contributed by atoms with Crippen LogP contribution in [0.2, 0.25) is 5.02 Å². The maximum atomic E-state index is 13.0. The molecule has 132 valence electrons. The first-order valence-corrected chi connectivity index (χ1v) is 8.62. The second kappa shape index (κ2) is 8.02. The fourth-order valence-corrected chi connectivity index (χ4v) is 2.83. The smallest absolute Gasteiger partial charge is 0.313 e. The largest absolute Gasteiger partial charge is 0.481 e. The number of carboxylic acid groups (broad SMARTS) is 1. The molecule has 0 spiro atoms. The van der Waals surface area contributed by atoms with Gasteiger partial charge in [0.1, 0.15) is 1.37 Å². The number of carboxylic acids is 1. The highest BCUT2D eigenvalue weighted by atomic mass is 35.5. The average molecular weight is 384 g/mol. The molecule has 1 N–H and O–H groups in total. The molecule has 0 aliphatic carbocycles. The topological polar surface area (TPSA) is 37.3 Å². The maximum absolute atomic E-state index is 13.0. The van der Waals surface area contributed by atoms with Gasteiger partial charge in [0.2, 0.25) is 0 Å². The summed E-state index contributed by atoms with van der Waals surface area (Å²) < 4.78 is 32.7. The van der Waals surface area contributed by atoms with E-state index in [1.807, 2.05) is 0 Å². The van der Waals surface area contributed by atoms with E-state index in [9.17, 15) is 18.7 Å². The number of alkyl halides is 2. The SMILES string of the molecule is [2H]C(F)(F)SC=C(c1ccc(Cl)cc1)c1ccc(C(C)(C)C(=O)O)cc1. The maximum Gasteiger partial charge on any atom is 0.313 e. The van der Waals surface area contributed by atoms with Crippen molar-refractivity contribution >= 4 is 34.9 Å². The molecule has 25 heavy (non-hydrogen) atoms. The van der Waals surface area contributed by atoms with Gasteiger partial charge in [0.15, 0.2) is 0 Å². The van der Waals surface area contributed by atoms with Gasteiger partial charge >= 0.3 is 5.97 Å². The molecule has 0 atom stereocenters. The van der Waals surface area contributed by atoms with E-state index < -0.39 is 17.1 Å². The molecule has 0 bridgehead atoms. The highest BCUT2D eigenvalue weighted by molar-refractivity contribution is 8.02. The van der Waals surface area contributed by atoms with Crippen molar-refractivity contribution in [1.82, 2.24) is 0 Å². The van der Waals surface area contributed by atoms with Crippen molar-refractivity contribution in [2.24, 2.45) is 0 Å². The Bertz CT molecular complexity index is 813. The minimum atomic E-state index is -3.65. The molecule has 0 heterocycles. The zero-order valence-electron chi connectivity index (χ0n) is 14.6. The summed E-state index contributed by atoms with van der Waals surface area (Å²) in [6, 6.07) is 13.4. The lowest BCUT2D eigenvalue weighted by Gasteiger charge is -2.20. The van der Waals surface area contributed by atoms with E-state index in [2.05, 4.69) is 0 Å². The monoisotopic (exact) mass is 383 g/mol. The van der Waals surface area contributed by atoms with Gasteiger partial charge in [0, 0.05) is 5.02 Å². The van der Waals surface area contributed by atoms with Crippen molar-refractivity contribution in [3.63, 3.8) is 0 Å². The van der Waals surface area contributed by atoms with E-state index in [4.69, 9.17) is 13.0 Å². The summed E-state index contributed by atoms with van der Waals surface area (Å²) in [6.07, 6.45) is 0. The Morgan fingerprint density at radius 1 is 1.16 bits per heavy atom. The van der Waals surface area contributed by atoms with Crippen molar-refractivity contribution in [3.8, 4) is 0 Å². The van der Waals surface area contributed by atoms with Crippen molar-refractivity contribution in [3.05, 3.63) is 75.7 Å². The Morgan fingerprint density at radius 3 is 2.08 bits per heavy atom. The molecule has 2 aromatic rings. The summed E-state index contributed by atoms with van der Waals surface area (Å²) in [5.41, 5.74) is -2.32. The highest BCUT2D eigenvalue weighted by Gasteiger charge is 2.29. The van der Waals surface area contributed by atoms with Crippen molar-refractivity contribution in [2.45, 2.75) is 25.0 Å². The first-order chi connectivity index (χ1) is 12.0. The van der Waals surface area contributed by atoms with Crippen LogP contribution < -0.4 is 0 Å². The minimum absolute atomic E-state index is 0.0944. The molecular weight excluding hydrogens is 366 g/mol. The van der Waals surface area contributed by atoms with Crippen LogP contribution in [-0.2, 0) is 10.2 Å². The highest BCUT2D eigenvalue weighted by Crippen LogP contribution is 2.31. The van der Waals surface area contributed by atoms with Gasteiger partial charge in [-0.1, -0.05) is 59.8 Å². The van der Waals surface area contributed by atoms with Gasteiger partial charge in [-0.3, -0.25) is 4.79 Å². The van der Waals surface area contributed by atoms with E-state index >= 15 is 0 Å². The van der Waals surface area contributed by atoms with Crippen LogP contribution in [0.15, 0.2) is 53.9 Å². The normalized spacial score (nSPS) is 13.5. The molecule has 0 saturated carbocycles. The molecule has 0 aliphatic rings. The molecule has 0 radical (unpaired) electrons. The van der Waals surface area contributed by atoms with Crippen molar-refractivity contribution < 1.29 is 20.1 Å². The Hall–Kier alpha value is -1.85. The molecule has 0 aliphatic heterocycles. The summed E-state index contributed by atoms with van der Waals surface area (Å²) in [6.45, 7) is 3.19. The van der Waals surface area contributed by atoms with Gasteiger partial charge in [-0.2, -0.15) is 8.78 Å². The molecule has 0 saturated heterocycles. The Labute approximate surface area is 155 Å². The molecule has 0 fully saturated rings. The van der Waals surface area contributed by atoms with E-state index in [1.54, 1.807) is 62.4 Å². The van der Waals surface area contributed by atoms with Gasteiger partial charge in [-0.05, 0) is 53.7 Å². The summed E-state index contributed by atoms with van der Waals surface area (Å²) in [7, 11) is 0. The molecule has 2 nitrogen and oxygen atoms in total. The zero-order valence-corrected chi connectivity index (χ0v) is 15.2. The van der Waals surface area contributed by atoms with Crippen LogP contribution in [-0.4, -0.2) is 16.8 Å². The van der Waals surface area contributed by atoms with E-state index in [0.29, 0.717) is 27.3 Å². The molecular formula is C19H17ClF2O2S. The third-order valence-corrected chi connectivity index (χ3v) is 4.66. The van der Waals surface area contributed by atoms with Gasteiger partial charge < -0.3 is 5.11 Å². The lowest BCUT2D eigenvalue weighted by molar-refractivity contribution is -0.142. The second-order valence-corrected chi connectivity index (χ2v) is 7.11. The molecule has 0 amide bonds. The molecule has 2 aromatic carbocycles. The molecule has 6 heteroatoms. The van der Waals surface area contributed by atoms with Gasteiger partial charge in [-0.25, -0.2) is 0 Å². The Morgan fingerprint density at radius 2 is 1.64 bits per heavy atom. The van der Waals surface area contributed by atoms with Crippen molar-refractivity contribution in [2.75, 3.05) is 0 Å². The van der Waals surface area contributed by atoms with Crippen LogP contribution in [0.3, 0.4) is 0 Å². The zero-order chi connectivity index (χ0) is 19.5. The van der Waals surface area contributed by atoms with Crippen LogP contribution in [0.4, 0.5) is 8.78 Å². The Balaban J connectivity index is 2.46. The molecule has 0 aromatic heterocycles. The van der Waals surface area contributed by atoms with Crippen LogP contribution >= 0.6 is 23.4 Å². The lowest BCUT2D eigenvalue weighted by Crippen LogP contribution is -2.28. The van der Waals surface area contributed by atoms with E-state index in [0.717, 1.165) is 0 Å². The molecule has 0 unspecified atom stereocenters. The number of aliphatic carboxylic acids is 1. The first kappa shape index (κ1) is 18.0. The number of hydrogen-bond acceptors (Lipinski definition) is 2. The Kier molecular flexibility index (Phi) is 5.76. The van der Waals surface area contributed by atoms with E-state index in [1.165, 1.54) is 5.41 Å². The number of carbonyl (C=O) groups is 1. The lowest BCUT2D eigenvalue weighted by atomic mass is 9.84. The van der Waals surface area contributed by atoms with Crippen molar-refractivity contribution in [1.29, 1.82) is 0 Å². The predicted molar refractivity (Wildman–Crippen MR) is 99.2 cm³/mol. The third-order valence-electron chi connectivity index (χ3n) is 3.87. The van der Waals surface area contributed by atoms with Crippen LogP contribution in [0.5, 0.6) is 0 Å². The third kappa shape index (κ3) is 4.83. The summed E-state index contributed by atoms with van der Waals surface area (Å²) in [5, 5.41) is 11.1. The number of thioether (sulfide) groups is 1. The van der Waals surface area contributed by atoms with Crippen LogP contribution in [0.25, 0.3) is 5.57 Å². The van der Waals surface area contributed by atoms with Crippen LogP contribution in [0.1, 0.15) is 31.9 Å². The summed E-state index contributed by atoms with van der Waals surface area (Å²) >= 11 is 5.98. The number of benzene rings is 2. The number of halogens is 3. The second-order valence-electron chi connectivity index (χ2n) is 5.89. The summed E-state index contributed by atoms with van der Waals surface area (Å²) in [4.78, 5) is 11.4. The first-order valence-electron chi connectivity index (χ1n) is 7.87. The molecule has 2 rings (SSSR count). The minimum Gasteiger partial charge on any atom is -0.481 e. The van der Waals surface area contributed by atoms with Crippen LogP contribution in [0, 0.1) is 0 Å². The van der Waals surface area contributed by atoms with Gasteiger partial charge in [-0.15, -0.1) is 0 Å².